The van der Waals surface area contributed by atoms with Crippen LogP contribution in [0.2, 0.25) is 0 Å². The number of alkyl halides is 3. The zero-order valence-electron chi connectivity index (χ0n) is 9.11. The molecule has 0 unspecified atom stereocenters. The maximum atomic E-state index is 12.7. The molecule has 0 amide bonds. The molecule has 1 aromatic carbocycles. The predicted molar refractivity (Wildman–Crippen MR) is 60.2 cm³/mol. The molecule has 1 heterocycles. The van der Waals surface area contributed by atoms with Crippen LogP contribution in [0.25, 0.3) is 0 Å². The second-order valence-electron chi connectivity index (χ2n) is 3.52. The molecule has 18 heavy (non-hydrogen) atoms. The number of aromatic nitrogens is 1. The summed E-state index contributed by atoms with van der Waals surface area (Å²) in [5.41, 5.74) is 5.05. The number of nitrogens with zero attached hydrogens (tertiary/aromatic N) is 1. The first-order valence-electron chi connectivity index (χ1n) is 5.02. The van der Waals surface area contributed by atoms with E-state index in [1.807, 2.05) is 0 Å². The van der Waals surface area contributed by atoms with Crippen LogP contribution < -0.4 is 10.5 Å². The molecular weight excluding hydrogens is 245 g/mol. The van der Waals surface area contributed by atoms with Gasteiger partial charge in [0.1, 0.15) is 11.3 Å². The number of hydrogen-bond acceptors (Lipinski definition) is 3. The molecule has 0 bridgehead atoms. The Bertz CT molecular complexity index is 538. The topological polar surface area (TPSA) is 48.1 Å². The highest BCUT2D eigenvalue weighted by atomic mass is 19.4. The van der Waals surface area contributed by atoms with E-state index in [2.05, 4.69) is 4.98 Å². The minimum Gasteiger partial charge on any atom is -0.438 e. The monoisotopic (exact) mass is 254 g/mol. The SMILES string of the molecule is Nc1ccc(Oc2ncccc2C(F)(F)F)cc1. The van der Waals surface area contributed by atoms with Crippen LogP contribution in [0.4, 0.5) is 18.9 Å². The summed E-state index contributed by atoms with van der Waals surface area (Å²) in [4.78, 5) is 3.59. The number of hydrogen-bond donors (Lipinski definition) is 1. The van der Waals surface area contributed by atoms with Gasteiger partial charge in [0, 0.05) is 11.9 Å². The molecule has 0 aliphatic heterocycles. The van der Waals surface area contributed by atoms with Crippen molar-refractivity contribution in [3.05, 3.63) is 48.2 Å². The molecule has 0 fully saturated rings. The molecule has 2 rings (SSSR count). The Morgan fingerprint density at radius 3 is 2.33 bits per heavy atom. The number of ether oxygens (including phenoxy) is 1. The van der Waals surface area contributed by atoms with Gasteiger partial charge in [0.15, 0.2) is 0 Å². The molecule has 0 saturated carbocycles. The van der Waals surface area contributed by atoms with Gasteiger partial charge in [0.2, 0.25) is 5.88 Å². The molecule has 0 radical (unpaired) electrons. The van der Waals surface area contributed by atoms with Crippen LogP contribution in [0, 0.1) is 0 Å². The third kappa shape index (κ3) is 2.71. The first-order valence-corrected chi connectivity index (χ1v) is 5.02. The highest BCUT2D eigenvalue weighted by molar-refractivity contribution is 5.43. The van der Waals surface area contributed by atoms with Crippen LogP contribution in [0.1, 0.15) is 5.56 Å². The minimum atomic E-state index is -4.50. The third-order valence-electron chi connectivity index (χ3n) is 2.17. The van der Waals surface area contributed by atoms with Gasteiger partial charge in [0.05, 0.1) is 0 Å². The van der Waals surface area contributed by atoms with E-state index in [-0.39, 0.29) is 5.75 Å². The van der Waals surface area contributed by atoms with Gasteiger partial charge >= 0.3 is 6.18 Å². The Morgan fingerprint density at radius 2 is 1.72 bits per heavy atom. The largest absolute Gasteiger partial charge is 0.438 e. The zero-order valence-corrected chi connectivity index (χ0v) is 9.11. The number of pyridine rings is 1. The van der Waals surface area contributed by atoms with Crippen LogP contribution in [-0.4, -0.2) is 4.98 Å². The van der Waals surface area contributed by atoms with Crippen molar-refractivity contribution in [1.29, 1.82) is 0 Å². The molecule has 0 saturated heterocycles. The number of nitrogen functional groups attached to an aromatic ring is 1. The summed E-state index contributed by atoms with van der Waals surface area (Å²) >= 11 is 0. The first kappa shape index (κ1) is 12.2. The van der Waals surface area contributed by atoms with Gasteiger partial charge in [-0.2, -0.15) is 13.2 Å². The summed E-state index contributed by atoms with van der Waals surface area (Å²) in [6.07, 6.45) is -3.26. The summed E-state index contributed by atoms with van der Waals surface area (Å²) in [5, 5.41) is 0. The molecule has 3 nitrogen and oxygen atoms in total. The molecule has 2 N–H and O–H groups in total. The number of rotatable bonds is 2. The molecule has 0 spiro atoms. The van der Waals surface area contributed by atoms with E-state index in [1.54, 1.807) is 0 Å². The van der Waals surface area contributed by atoms with E-state index < -0.39 is 17.6 Å². The first-order chi connectivity index (χ1) is 8.47. The van der Waals surface area contributed by atoms with Crippen LogP contribution in [0.15, 0.2) is 42.6 Å². The van der Waals surface area contributed by atoms with Crippen molar-refractivity contribution in [2.75, 3.05) is 5.73 Å². The van der Waals surface area contributed by atoms with Gasteiger partial charge < -0.3 is 10.5 Å². The van der Waals surface area contributed by atoms with E-state index >= 15 is 0 Å². The Morgan fingerprint density at radius 1 is 1.06 bits per heavy atom. The van der Waals surface area contributed by atoms with E-state index in [1.165, 1.54) is 36.5 Å². The van der Waals surface area contributed by atoms with Crippen molar-refractivity contribution in [3.63, 3.8) is 0 Å². The fourth-order valence-corrected chi connectivity index (χ4v) is 1.34. The van der Waals surface area contributed by atoms with Gasteiger partial charge in [-0.05, 0) is 36.4 Å². The van der Waals surface area contributed by atoms with Gasteiger partial charge in [0.25, 0.3) is 0 Å². The number of halogens is 3. The molecule has 2 aromatic rings. The zero-order chi connectivity index (χ0) is 13.2. The van der Waals surface area contributed by atoms with E-state index in [0.29, 0.717) is 5.69 Å². The lowest BCUT2D eigenvalue weighted by atomic mass is 10.2. The molecule has 94 valence electrons. The van der Waals surface area contributed by atoms with E-state index in [0.717, 1.165) is 6.07 Å². The van der Waals surface area contributed by atoms with Crippen LogP contribution in [0.3, 0.4) is 0 Å². The third-order valence-corrected chi connectivity index (χ3v) is 2.17. The van der Waals surface area contributed by atoms with Gasteiger partial charge in [-0.3, -0.25) is 0 Å². The molecule has 1 aromatic heterocycles. The van der Waals surface area contributed by atoms with Crippen molar-refractivity contribution >= 4 is 5.69 Å². The van der Waals surface area contributed by atoms with Crippen molar-refractivity contribution in [2.45, 2.75) is 6.18 Å². The van der Waals surface area contributed by atoms with Crippen LogP contribution in [-0.2, 0) is 6.18 Å². The fraction of sp³-hybridized carbons (Fsp3) is 0.0833. The quantitative estimate of drug-likeness (QED) is 0.834. The summed E-state index contributed by atoms with van der Waals surface area (Å²) in [6, 6.07) is 8.14. The lowest BCUT2D eigenvalue weighted by Gasteiger charge is -2.12. The summed E-state index contributed by atoms with van der Waals surface area (Å²) in [7, 11) is 0. The van der Waals surface area contributed by atoms with Crippen molar-refractivity contribution < 1.29 is 17.9 Å². The normalized spacial score (nSPS) is 11.3. The van der Waals surface area contributed by atoms with E-state index in [4.69, 9.17) is 10.5 Å². The highest BCUT2D eigenvalue weighted by Crippen LogP contribution is 2.36. The molecular formula is C12H9F3N2O. The minimum absolute atomic E-state index is 0.244. The van der Waals surface area contributed by atoms with Gasteiger partial charge in [-0.25, -0.2) is 4.98 Å². The summed E-state index contributed by atoms with van der Waals surface area (Å²) in [6.45, 7) is 0. The second kappa shape index (κ2) is 4.56. The Labute approximate surface area is 101 Å². The fourth-order valence-electron chi connectivity index (χ4n) is 1.34. The van der Waals surface area contributed by atoms with Crippen molar-refractivity contribution in [1.82, 2.24) is 4.98 Å². The van der Waals surface area contributed by atoms with Crippen molar-refractivity contribution in [3.8, 4) is 11.6 Å². The average Bonchev–Trinajstić information content (AvgIpc) is 2.31. The lowest BCUT2D eigenvalue weighted by molar-refractivity contribution is -0.138. The Balaban J connectivity index is 2.32. The van der Waals surface area contributed by atoms with Gasteiger partial charge in [-0.1, -0.05) is 0 Å². The second-order valence-corrected chi connectivity index (χ2v) is 3.52. The maximum absolute atomic E-state index is 12.7. The summed E-state index contributed by atoms with van der Waals surface area (Å²) in [5.74, 6) is -0.233. The lowest BCUT2D eigenvalue weighted by Crippen LogP contribution is -2.08. The van der Waals surface area contributed by atoms with Gasteiger partial charge in [-0.15, -0.1) is 0 Å². The number of anilines is 1. The predicted octanol–water partition coefficient (Wildman–Crippen LogP) is 3.47. The smallest absolute Gasteiger partial charge is 0.421 e. The van der Waals surface area contributed by atoms with Crippen LogP contribution >= 0.6 is 0 Å². The number of nitrogens with two attached hydrogens (primary N) is 1. The molecule has 0 aliphatic carbocycles. The number of benzene rings is 1. The Hall–Kier alpha value is -2.24. The van der Waals surface area contributed by atoms with Crippen LogP contribution in [0.5, 0.6) is 11.6 Å². The summed E-state index contributed by atoms with van der Waals surface area (Å²) < 4.78 is 43.1. The standard InChI is InChI=1S/C12H9F3N2O/c13-12(14,15)10-2-1-7-17-11(10)18-9-5-3-8(16)4-6-9/h1-7H,16H2. The average molecular weight is 254 g/mol. The molecule has 0 aliphatic rings. The van der Waals surface area contributed by atoms with Crippen molar-refractivity contribution in [2.24, 2.45) is 0 Å². The Kier molecular flexibility index (Phi) is 3.10. The molecule has 0 atom stereocenters. The van der Waals surface area contributed by atoms with E-state index in [9.17, 15) is 13.2 Å². The molecule has 6 heteroatoms. The maximum Gasteiger partial charge on any atom is 0.421 e. The highest BCUT2D eigenvalue weighted by Gasteiger charge is 2.35.